The molecule has 2 aromatic carbocycles. The van der Waals surface area contributed by atoms with Crippen LogP contribution in [0.15, 0.2) is 42.5 Å². The Labute approximate surface area is 164 Å². The molecule has 0 aromatic heterocycles. The van der Waals surface area contributed by atoms with E-state index in [0.29, 0.717) is 18.9 Å². The maximum atomic E-state index is 12.6. The third-order valence-electron chi connectivity index (χ3n) is 4.37. The molecular formula is C20H25N3O5. The van der Waals surface area contributed by atoms with E-state index in [0.717, 1.165) is 11.3 Å². The summed E-state index contributed by atoms with van der Waals surface area (Å²) < 4.78 is 10.4. The van der Waals surface area contributed by atoms with E-state index >= 15 is 0 Å². The molecule has 0 aliphatic carbocycles. The van der Waals surface area contributed by atoms with E-state index < -0.39 is 11.0 Å². The second-order valence-corrected chi connectivity index (χ2v) is 6.30. The number of nitro groups is 1. The van der Waals surface area contributed by atoms with Crippen LogP contribution in [0, 0.1) is 10.1 Å². The summed E-state index contributed by atoms with van der Waals surface area (Å²) in [6, 6.07) is 11.5. The summed E-state index contributed by atoms with van der Waals surface area (Å²) in [7, 11) is 3.25. The lowest BCUT2D eigenvalue weighted by atomic mass is 10.1. The van der Waals surface area contributed by atoms with Crippen LogP contribution < -0.4 is 14.8 Å². The van der Waals surface area contributed by atoms with Crippen molar-refractivity contribution in [2.75, 3.05) is 26.1 Å². The van der Waals surface area contributed by atoms with Crippen LogP contribution in [0.1, 0.15) is 19.4 Å². The zero-order valence-corrected chi connectivity index (χ0v) is 16.5. The zero-order valence-electron chi connectivity index (χ0n) is 16.5. The first-order valence-electron chi connectivity index (χ1n) is 8.91. The Hall–Kier alpha value is -3.13. The number of nitrogens with one attached hydrogen (secondary N) is 1. The summed E-state index contributed by atoms with van der Waals surface area (Å²) in [6.07, 6.45) is 0. The minimum Gasteiger partial charge on any atom is -0.496 e. The predicted octanol–water partition coefficient (Wildman–Crippen LogP) is 3.46. The van der Waals surface area contributed by atoms with E-state index in [4.69, 9.17) is 9.47 Å². The van der Waals surface area contributed by atoms with E-state index in [1.807, 2.05) is 43.1 Å². The van der Waals surface area contributed by atoms with Gasteiger partial charge in [-0.25, -0.2) is 0 Å². The molecule has 8 nitrogen and oxygen atoms in total. The Bertz CT molecular complexity index is 823. The summed E-state index contributed by atoms with van der Waals surface area (Å²) in [4.78, 5) is 25.2. The lowest BCUT2D eigenvalue weighted by molar-refractivity contribution is -0.384. The van der Waals surface area contributed by atoms with Gasteiger partial charge in [0.05, 0.1) is 30.7 Å². The van der Waals surface area contributed by atoms with Crippen LogP contribution in [0.5, 0.6) is 11.5 Å². The van der Waals surface area contributed by atoms with Crippen LogP contribution in [0.3, 0.4) is 0 Å². The molecule has 0 bridgehead atoms. The number of hydrogen-bond acceptors (Lipinski definition) is 6. The summed E-state index contributed by atoms with van der Waals surface area (Å²) in [5.41, 5.74) is 0.951. The van der Waals surface area contributed by atoms with Crippen LogP contribution in [0.2, 0.25) is 0 Å². The molecule has 0 spiro atoms. The van der Waals surface area contributed by atoms with E-state index in [9.17, 15) is 14.9 Å². The van der Waals surface area contributed by atoms with Gasteiger partial charge < -0.3 is 14.8 Å². The fourth-order valence-corrected chi connectivity index (χ4v) is 2.62. The second-order valence-electron chi connectivity index (χ2n) is 6.30. The van der Waals surface area contributed by atoms with Crippen molar-refractivity contribution < 1.29 is 19.2 Å². The standard InChI is InChI=1S/C20H25N3O5/c1-5-28-16-8-6-15(7-9-16)13-22(3)14(2)20(24)21-18-11-10-17(27-4)12-19(18)23(25)26/h6-12,14H,5,13H2,1-4H3,(H,21,24)/t14-/m0/s1. The van der Waals surface area contributed by atoms with Gasteiger partial charge in [-0.1, -0.05) is 12.1 Å². The number of ether oxygens (including phenoxy) is 2. The Balaban J connectivity index is 2.04. The molecule has 1 N–H and O–H groups in total. The lowest BCUT2D eigenvalue weighted by Gasteiger charge is -2.24. The van der Waals surface area contributed by atoms with Crippen molar-refractivity contribution in [1.29, 1.82) is 0 Å². The number of rotatable bonds is 9. The van der Waals surface area contributed by atoms with Crippen molar-refractivity contribution in [2.24, 2.45) is 0 Å². The number of nitro benzene ring substituents is 1. The van der Waals surface area contributed by atoms with Crippen molar-refractivity contribution in [3.8, 4) is 11.5 Å². The van der Waals surface area contributed by atoms with E-state index in [-0.39, 0.29) is 17.3 Å². The third kappa shape index (κ3) is 5.43. The number of likely N-dealkylation sites (N-methyl/N-ethyl adjacent to an activating group) is 1. The number of anilines is 1. The minimum atomic E-state index is -0.549. The highest BCUT2D eigenvalue weighted by atomic mass is 16.6. The van der Waals surface area contributed by atoms with Crippen LogP contribution in [-0.2, 0) is 11.3 Å². The van der Waals surface area contributed by atoms with Crippen molar-refractivity contribution in [3.63, 3.8) is 0 Å². The van der Waals surface area contributed by atoms with Crippen molar-refractivity contribution in [2.45, 2.75) is 26.4 Å². The molecule has 0 saturated heterocycles. The Morgan fingerprint density at radius 1 is 1.21 bits per heavy atom. The summed E-state index contributed by atoms with van der Waals surface area (Å²) in [6.45, 7) is 4.83. The quantitative estimate of drug-likeness (QED) is 0.523. The summed E-state index contributed by atoms with van der Waals surface area (Å²) in [5.74, 6) is 0.818. The Morgan fingerprint density at radius 3 is 2.43 bits per heavy atom. The number of nitrogens with zero attached hydrogens (tertiary/aromatic N) is 2. The summed E-state index contributed by atoms with van der Waals surface area (Å²) >= 11 is 0. The Morgan fingerprint density at radius 2 is 1.86 bits per heavy atom. The highest BCUT2D eigenvalue weighted by Crippen LogP contribution is 2.29. The van der Waals surface area contributed by atoms with Gasteiger partial charge in [-0.3, -0.25) is 19.8 Å². The lowest BCUT2D eigenvalue weighted by Crippen LogP contribution is -2.39. The molecule has 0 aliphatic rings. The van der Waals surface area contributed by atoms with Gasteiger partial charge in [-0.05, 0) is 50.7 Å². The maximum absolute atomic E-state index is 12.6. The molecule has 0 radical (unpaired) electrons. The van der Waals surface area contributed by atoms with Gasteiger partial charge in [0.15, 0.2) is 0 Å². The van der Waals surface area contributed by atoms with Crippen LogP contribution >= 0.6 is 0 Å². The minimum absolute atomic E-state index is 0.136. The number of carbonyl (C=O) groups excluding carboxylic acids is 1. The molecule has 8 heteroatoms. The molecule has 1 amide bonds. The molecule has 0 unspecified atom stereocenters. The second kappa shape index (κ2) is 9.70. The molecular weight excluding hydrogens is 362 g/mol. The zero-order chi connectivity index (χ0) is 20.7. The first-order chi connectivity index (χ1) is 13.3. The largest absolute Gasteiger partial charge is 0.496 e. The van der Waals surface area contributed by atoms with Gasteiger partial charge in [-0.15, -0.1) is 0 Å². The highest BCUT2D eigenvalue weighted by Gasteiger charge is 2.22. The van der Waals surface area contributed by atoms with Crippen LogP contribution in [0.25, 0.3) is 0 Å². The first-order valence-corrected chi connectivity index (χ1v) is 8.91. The van der Waals surface area contributed by atoms with Gasteiger partial charge in [0.1, 0.15) is 17.2 Å². The molecule has 150 valence electrons. The molecule has 28 heavy (non-hydrogen) atoms. The number of hydrogen-bond donors (Lipinski definition) is 1. The van der Waals surface area contributed by atoms with Gasteiger partial charge in [0, 0.05) is 6.54 Å². The number of methoxy groups -OCH3 is 1. The topological polar surface area (TPSA) is 93.9 Å². The summed E-state index contributed by atoms with van der Waals surface area (Å²) in [5, 5.41) is 13.9. The monoisotopic (exact) mass is 387 g/mol. The van der Waals surface area contributed by atoms with E-state index in [2.05, 4.69) is 5.32 Å². The van der Waals surface area contributed by atoms with Crippen molar-refractivity contribution >= 4 is 17.3 Å². The first kappa shape index (κ1) is 21.2. The number of carbonyl (C=O) groups is 1. The Kier molecular flexibility index (Phi) is 7.34. The van der Waals surface area contributed by atoms with Gasteiger partial charge >= 0.3 is 0 Å². The van der Waals surface area contributed by atoms with Gasteiger partial charge in [-0.2, -0.15) is 0 Å². The SMILES string of the molecule is CCOc1ccc(CN(C)[C@@H](C)C(=O)Nc2ccc(OC)cc2[N+](=O)[O-])cc1. The van der Waals surface area contributed by atoms with Gasteiger partial charge in [0.2, 0.25) is 5.91 Å². The fourth-order valence-electron chi connectivity index (χ4n) is 2.62. The fraction of sp³-hybridized carbons (Fsp3) is 0.350. The molecule has 0 saturated carbocycles. The van der Waals surface area contributed by atoms with Gasteiger partial charge in [0.25, 0.3) is 5.69 Å². The molecule has 1 atom stereocenters. The number of benzene rings is 2. The molecule has 0 aliphatic heterocycles. The normalized spacial score (nSPS) is 11.8. The highest BCUT2D eigenvalue weighted by molar-refractivity contribution is 5.96. The molecule has 2 aromatic rings. The molecule has 2 rings (SSSR count). The van der Waals surface area contributed by atoms with E-state index in [1.54, 1.807) is 13.0 Å². The van der Waals surface area contributed by atoms with Crippen molar-refractivity contribution in [1.82, 2.24) is 4.90 Å². The predicted molar refractivity (Wildman–Crippen MR) is 107 cm³/mol. The van der Waals surface area contributed by atoms with E-state index in [1.165, 1.54) is 19.2 Å². The van der Waals surface area contributed by atoms with Crippen molar-refractivity contribution in [3.05, 3.63) is 58.1 Å². The average Bonchev–Trinajstić information content (AvgIpc) is 2.69. The number of amides is 1. The smallest absolute Gasteiger partial charge is 0.296 e. The maximum Gasteiger partial charge on any atom is 0.296 e. The third-order valence-corrected chi connectivity index (χ3v) is 4.37. The van der Waals surface area contributed by atoms with Crippen LogP contribution in [-0.4, -0.2) is 42.5 Å². The molecule has 0 heterocycles. The molecule has 0 fully saturated rings. The van der Waals surface area contributed by atoms with Crippen LogP contribution in [0.4, 0.5) is 11.4 Å². The average molecular weight is 387 g/mol.